The second-order valence-corrected chi connectivity index (χ2v) is 7.37. The molecule has 5 rings (SSSR count). The molecule has 0 spiro atoms. The van der Waals surface area contributed by atoms with Crippen LogP contribution in [0.5, 0.6) is 5.75 Å². The molecule has 1 N–H and O–H groups in total. The van der Waals surface area contributed by atoms with E-state index in [9.17, 15) is 0 Å². The zero-order chi connectivity index (χ0) is 19.8. The van der Waals surface area contributed by atoms with Crippen LogP contribution in [0.3, 0.4) is 0 Å². The van der Waals surface area contributed by atoms with Crippen molar-refractivity contribution in [2.75, 3.05) is 12.4 Å². The van der Waals surface area contributed by atoms with Crippen molar-refractivity contribution in [1.82, 2.24) is 19.6 Å². The molecule has 0 saturated heterocycles. The molecule has 3 heterocycles. The molecule has 1 aliphatic carbocycles. The van der Waals surface area contributed by atoms with E-state index >= 15 is 0 Å². The van der Waals surface area contributed by atoms with Crippen LogP contribution in [0, 0.1) is 6.92 Å². The first-order valence-electron chi connectivity index (χ1n) is 9.93. The third-order valence-electron chi connectivity index (χ3n) is 5.55. The van der Waals surface area contributed by atoms with Crippen molar-refractivity contribution in [3.05, 3.63) is 71.3 Å². The van der Waals surface area contributed by atoms with Gasteiger partial charge in [0.1, 0.15) is 11.6 Å². The molecule has 6 nitrogen and oxygen atoms in total. The van der Waals surface area contributed by atoms with Crippen LogP contribution in [-0.4, -0.2) is 26.7 Å². The number of pyridine rings is 1. The topological polar surface area (TPSA) is 64.3 Å². The number of rotatable bonds is 5. The Kier molecular flexibility index (Phi) is 4.39. The summed E-state index contributed by atoms with van der Waals surface area (Å²) in [7, 11) is 1.68. The van der Waals surface area contributed by atoms with Crippen LogP contribution in [0.1, 0.15) is 28.9 Å². The zero-order valence-electron chi connectivity index (χ0n) is 16.6. The molecule has 0 aliphatic heterocycles. The van der Waals surface area contributed by atoms with Gasteiger partial charge < -0.3 is 10.1 Å². The highest BCUT2D eigenvalue weighted by Gasteiger charge is 2.24. The standard InChI is InChI=1S/C23H23N5O/c1-15-21(17-6-8-18(29-2)9-7-17)23-26-20-5-3-4-19(20)22(28(23)27-15)25-14-16-10-12-24-13-11-16/h6-13,25H,3-5,14H2,1-2H3. The summed E-state index contributed by atoms with van der Waals surface area (Å²) in [5, 5.41) is 8.50. The summed E-state index contributed by atoms with van der Waals surface area (Å²) in [6.45, 7) is 2.77. The average molecular weight is 385 g/mol. The van der Waals surface area contributed by atoms with Gasteiger partial charge >= 0.3 is 0 Å². The number of aromatic nitrogens is 4. The summed E-state index contributed by atoms with van der Waals surface area (Å²) in [5.74, 6) is 1.90. The van der Waals surface area contributed by atoms with Crippen LogP contribution in [0.25, 0.3) is 16.8 Å². The van der Waals surface area contributed by atoms with Crippen molar-refractivity contribution in [2.24, 2.45) is 0 Å². The van der Waals surface area contributed by atoms with E-state index in [-0.39, 0.29) is 0 Å². The van der Waals surface area contributed by atoms with E-state index in [0.29, 0.717) is 0 Å². The number of hydrogen-bond acceptors (Lipinski definition) is 5. The van der Waals surface area contributed by atoms with Crippen molar-refractivity contribution in [3.63, 3.8) is 0 Å². The predicted molar refractivity (Wildman–Crippen MR) is 113 cm³/mol. The molecule has 6 heteroatoms. The molecule has 0 radical (unpaired) electrons. The van der Waals surface area contributed by atoms with Crippen LogP contribution in [-0.2, 0) is 19.4 Å². The highest BCUT2D eigenvalue weighted by Crippen LogP contribution is 2.35. The lowest BCUT2D eigenvalue weighted by molar-refractivity contribution is 0.415. The monoisotopic (exact) mass is 385 g/mol. The van der Waals surface area contributed by atoms with Crippen molar-refractivity contribution >= 4 is 11.5 Å². The van der Waals surface area contributed by atoms with E-state index in [1.807, 2.05) is 48.1 Å². The molecule has 3 aromatic heterocycles. The molecular weight excluding hydrogens is 362 g/mol. The molecule has 0 amide bonds. The third-order valence-corrected chi connectivity index (χ3v) is 5.55. The Morgan fingerprint density at radius 1 is 1.07 bits per heavy atom. The summed E-state index contributed by atoms with van der Waals surface area (Å²) in [5.41, 5.74) is 7.72. The van der Waals surface area contributed by atoms with Crippen molar-refractivity contribution < 1.29 is 4.74 Å². The maximum absolute atomic E-state index is 5.31. The molecule has 0 saturated carbocycles. The summed E-state index contributed by atoms with van der Waals surface area (Å²) < 4.78 is 7.29. The zero-order valence-corrected chi connectivity index (χ0v) is 16.6. The number of ether oxygens (including phenoxy) is 1. The maximum Gasteiger partial charge on any atom is 0.165 e. The van der Waals surface area contributed by atoms with Crippen LogP contribution in [0.4, 0.5) is 5.82 Å². The Morgan fingerprint density at radius 2 is 1.86 bits per heavy atom. The lowest BCUT2D eigenvalue weighted by atomic mass is 10.1. The Labute approximate surface area is 169 Å². The van der Waals surface area contributed by atoms with Crippen LogP contribution >= 0.6 is 0 Å². The summed E-state index contributed by atoms with van der Waals surface area (Å²) in [6, 6.07) is 12.2. The number of fused-ring (bicyclic) bond motifs is 2. The number of anilines is 1. The van der Waals surface area contributed by atoms with Gasteiger partial charge in [0.15, 0.2) is 5.65 Å². The van der Waals surface area contributed by atoms with Crippen LogP contribution in [0.2, 0.25) is 0 Å². The highest BCUT2D eigenvalue weighted by molar-refractivity contribution is 5.81. The highest BCUT2D eigenvalue weighted by atomic mass is 16.5. The lowest BCUT2D eigenvalue weighted by Crippen LogP contribution is -2.10. The SMILES string of the molecule is COc1ccc(-c2c(C)nn3c(NCc4ccncc4)c4c(nc23)CCC4)cc1. The molecule has 4 aromatic rings. The molecule has 0 fully saturated rings. The average Bonchev–Trinajstić information content (AvgIpc) is 3.35. The Balaban J connectivity index is 1.63. The maximum atomic E-state index is 5.31. The Bertz CT molecular complexity index is 1170. The molecule has 1 aliphatic rings. The molecule has 0 bridgehead atoms. The number of aryl methyl sites for hydroxylation is 2. The quantitative estimate of drug-likeness (QED) is 0.558. The first kappa shape index (κ1) is 17.7. The van der Waals surface area contributed by atoms with E-state index in [1.54, 1.807) is 7.11 Å². The molecule has 29 heavy (non-hydrogen) atoms. The number of nitrogens with one attached hydrogen (secondary N) is 1. The minimum atomic E-state index is 0.727. The van der Waals surface area contributed by atoms with E-state index in [0.717, 1.165) is 59.8 Å². The Morgan fingerprint density at radius 3 is 2.62 bits per heavy atom. The number of hydrogen-bond donors (Lipinski definition) is 1. The van der Waals surface area contributed by atoms with Crippen LogP contribution < -0.4 is 10.1 Å². The summed E-state index contributed by atoms with van der Waals surface area (Å²) in [4.78, 5) is 9.14. The minimum absolute atomic E-state index is 0.727. The number of methoxy groups -OCH3 is 1. The smallest absolute Gasteiger partial charge is 0.165 e. The third kappa shape index (κ3) is 3.10. The largest absolute Gasteiger partial charge is 0.497 e. The predicted octanol–water partition coefficient (Wildman–Crippen LogP) is 4.21. The number of nitrogens with zero attached hydrogens (tertiary/aromatic N) is 4. The molecule has 1 aromatic carbocycles. The summed E-state index contributed by atoms with van der Waals surface area (Å²) >= 11 is 0. The van der Waals surface area contributed by atoms with Gasteiger partial charge in [0.05, 0.1) is 12.8 Å². The molecule has 0 atom stereocenters. The fraction of sp³-hybridized carbons (Fsp3) is 0.261. The molecule has 146 valence electrons. The minimum Gasteiger partial charge on any atom is -0.497 e. The van der Waals surface area contributed by atoms with Gasteiger partial charge in [-0.15, -0.1) is 0 Å². The van der Waals surface area contributed by atoms with Gasteiger partial charge in [-0.25, -0.2) is 4.98 Å². The van der Waals surface area contributed by atoms with Crippen molar-refractivity contribution in [1.29, 1.82) is 0 Å². The van der Waals surface area contributed by atoms with Crippen molar-refractivity contribution in [3.8, 4) is 16.9 Å². The lowest BCUT2D eigenvalue weighted by Gasteiger charge is -2.13. The van der Waals surface area contributed by atoms with E-state index in [1.165, 1.54) is 16.8 Å². The second kappa shape index (κ2) is 7.20. The first-order valence-corrected chi connectivity index (χ1v) is 9.93. The molecular formula is C23H23N5O. The fourth-order valence-electron chi connectivity index (χ4n) is 4.10. The van der Waals surface area contributed by atoms with Crippen molar-refractivity contribution in [2.45, 2.75) is 32.7 Å². The van der Waals surface area contributed by atoms with E-state index in [4.69, 9.17) is 14.8 Å². The van der Waals surface area contributed by atoms with Gasteiger partial charge in [0, 0.05) is 35.8 Å². The van der Waals surface area contributed by atoms with Gasteiger partial charge in [-0.1, -0.05) is 12.1 Å². The van der Waals surface area contributed by atoms with Gasteiger partial charge in [-0.2, -0.15) is 9.61 Å². The summed E-state index contributed by atoms with van der Waals surface area (Å²) in [6.07, 6.45) is 6.83. The van der Waals surface area contributed by atoms with Gasteiger partial charge in [-0.05, 0) is 61.6 Å². The van der Waals surface area contributed by atoms with Gasteiger partial charge in [0.2, 0.25) is 0 Å². The van der Waals surface area contributed by atoms with Gasteiger partial charge in [0.25, 0.3) is 0 Å². The van der Waals surface area contributed by atoms with Crippen LogP contribution in [0.15, 0.2) is 48.8 Å². The normalized spacial score (nSPS) is 12.9. The van der Waals surface area contributed by atoms with Gasteiger partial charge in [-0.3, -0.25) is 4.98 Å². The van der Waals surface area contributed by atoms with E-state index < -0.39 is 0 Å². The Hall–Kier alpha value is -3.41. The fourth-order valence-corrected chi connectivity index (χ4v) is 4.10. The number of benzene rings is 1. The van der Waals surface area contributed by atoms with E-state index in [2.05, 4.69) is 22.4 Å². The second-order valence-electron chi connectivity index (χ2n) is 7.37. The first-order chi connectivity index (χ1) is 14.2. The molecule has 0 unspecified atom stereocenters.